The maximum atomic E-state index is 12.0. The molecule has 2 aromatic rings. The van der Waals surface area contributed by atoms with Crippen LogP contribution in [0.4, 0.5) is 0 Å². The van der Waals surface area contributed by atoms with Crippen LogP contribution in [-0.4, -0.2) is 41.5 Å². The molecule has 0 atom stereocenters. The van der Waals surface area contributed by atoms with Crippen LogP contribution in [0.3, 0.4) is 0 Å². The van der Waals surface area contributed by atoms with E-state index in [2.05, 4.69) is 9.97 Å². The van der Waals surface area contributed by atoms with Gasteiger partial charge in [0.15, 0.2) is 0 Å². The van der Waals surface area contributed by atoms with Gasteiger partial charge in [0.1, 0.15) is 11.4 Å². The molecule has 2 rings (SSSR count). The third-order valence-electron chi connectivity index (χ3n) is 2.53. The normalized spacial score (nSPS) is 11.6. The first kappa shape index (κ1) is 13.1. The van der Waals surface area contributed by atoms with Crippen LogP contribution < -0.4 is 0 Å². The van der Waals surface area contributed by atoms with E-state index in [1.54, 1.807) is 18.0 Å². The van der Waals surface area contributed by atoms with Crippen LogP contribution in [0.2, 0.25) is 0 Å². The van der Waals surface area contributed by atoms with Gasteiger partial charge in [-0.1, -0.05) is 12.1 Å². The largest absolute Gasteiger partial charge is 0.462 e. The molecular formula is C14H17N3O2. The van der Waals surface area contributed by atoms with Gasteiger partial charge in [-0.15, -0.1) is 0 Å². The molecule has 0 aliphatic rings. The molecule has 1 heterocycles. The van der Waals surface area contributed by atoms with E-state index in [9.17, 15) is 4.79 Å². The Bertz CT molecular complexity index is 581. The second-order valence-corrected chi connectivity index (χ2v) is 4.33. The molecule has 0 aliphatic carbocycles. The second kappa shape index (κ2) is 5.56. The highest BCUT2D eigenvalue weighted by Crippen LogP contribution is 2.18. The summed E-state index contributed by atoms with van der Waals surface area (Å²) in [5.41, 5.74) is 2.14. The lowest BCUT2D eigenvalue weighted by Crippen LogP contribution is -2.12. The molecule has 100 valence electrons. The Balaban J connectivity index is 2.45. The standard InChI is InChI=1S/C14H17N3O2/c1-4-19-14(18)10(9-17(2)3)13-15-11-7-5-6-8-12(11)16-13/h5-9H,4H2,1-3H3,(H,15,16)/b10-9+. The van der Waals surface area contributed by atoms with Crippen molar-refractivity contribution in [3.63, 3.8) is 0 Å². The summed E-state index contributed by atoms with van der Waals surface area (Å²) in [4.78, 5) is 21.3. The number of imidazole rings is 1. The third-order valence-corrected chi connectivity index (χ3v) is 2.53. The van der Waals surface area contributed by atoms with Crippen molar-refractivity contribution >= 4 is 22.6 Å². The SMILES string of the molecule is CCOC(=O)/C(=C/N(C)C)c1nc2ccccc2[nH]1. The summed E-state index contributed by atoms with van der Waals surface area (Å²) in [5, 5.41) is 0. The zero-order valence-electron chi connectivity index (χ0n) is 11.3. The Hall–Kier alpha value is -2.30. The number of rotatable bonds is 4. The fourth-order valence-electron chi connectivity index (χ4n) is 1.76. The average Bonchev–Trinajstić information content (AvgIpc) is 2.79. The molecule has 0 unspecified atom stereocenters. The van der Waals surface area contributed by atoms with Crippen molar-refractivity contribution in [1.29, 1.82) is 0 Å². The van der Waals surface area contributed by atoms with E-state index >= 15 is 0 Å². The van der Waals surface area contributed by atoms with Crippen molar-refractivity contribution in [1.82, 2.24) is 14.9 Å². The van der Waals surface area contributed by atoms with Crippen molar-refractivity contribution in [3.05, 3.63) is 36.3 Å². The maximum absolute atomic E-state index is 12.0. The van der Waals surface area contributed by atoms with Gasteiger partial charge in [-0.2, -0.15) is 0 Å². The smallest absolute Gasteiger partial charge is 0.343 e. The number of hydrogen-bond donors (Lipinski definition) is 1. The Labute approximate surface area is 111 Å². The average molecular weight is 259 g/mol. The van der Waals surface area contributed by atoms with E-state index in [0.717, 1.165) is 11.0 Å². The number of H-pyrrole nitrogens is 1. The summed E-state index contributed by atoms with van der Waals surface area (Å²) in [6.45, 7) is 2.12. The van der Waals surface area contributed by atoms with E-state index in [-0.39, 0.29) is 5.97 Å². The van der Waals surface area contributed by atoms with Gasteiger partial charge in [0.05, 0.1) is 17.6 Å². The first-order chi connectivity index (χ1) is 9.11. The number of ether oxygens (including phenoxy) is 1. The minimum atomic E-state index is -0.379. The lowest BCUT2D eigenvalue weighted by atomic mass is 10.2. The molecule has 0 spiro atoms. The summed E-state index contributed by atoms with van der Waals surface area (Å²) in [6.07, 6.45) is 1.70. The number of benzene rings is 1. The number of carbonyl (C=O) groups excluding carboxylic acids is 1. The molecule has 0 aliphatic heterocycles. The number of fused-ring (bicyclic) bond motifs is 1. The van der Waals surface area contributed by atoms with Crippen molar-refractivity contribution < 1.29 is 9.53 Å². The first-order valence-electron chi connectivity index (χ1n) is 6.12. The minimum absolute atomic E-state index is 0.337. The monoisotopic (exact) mass is 259 g/mol. The van der Waals surface area contributed by atoms with Crippen molar-refractivity contribution in [2.24, 2.45) is 0 Å². The Morgan fingerprint density at radius 2 is 2.16 bits per heavy atom. The zero-order chi connectivity index (χ0) is 13.8. The van der Waals surface area contributed by atoms with E-state index in [1.165, 1.54) is 0 Å². The molecular weight excluding hydrogens is 242 g/mol. The fraction of sp³-hybridized carbons (Fsp3) is 0.286. The Morgan fingerprint density at radius 3 is 2.79 bits per heavy atom. The van der Waals surface area contributed by atoms with Gasteiger partial charge >= 0.3 is 5.97 Å². The number of hydrogen-bond acceptors (Lipinski definition) is 4. The van der Waals surface area contributed by atoms with Crippen molar-refractivity contribution in [3.8, 4) is 0 Å². The molecule has 0 bridgehead atoms. The maximum Gasteiger partial charge on any atom is 0.343 e. The first-order valence-corrected chi connectivity index (χ1v) is 6.12. The van der Waals surface area contributed by atoms with Crippen LogP contribution in [0.1, 0.15) is 12.7 Å². The number of aromatic amines is 1. The Morgan fingerprint density at radius 1 is 1.42 bits per heavy atom. The predicted octanol–water partition coefficient (Wildman–Crippen LogP) is 2.03. The van der Waals surface area contributed by atoms with Gasteiger partial charge in [0.2, 0.25) is 0 Å². The molecule has 1 aromatic carbocycles. The van der Waals surface area contributed by atoms with Crippen molar-refractivity contribution in [2.75, 3.05) is 20.7 Å². The van der Waals surface area contributed by atoms with Gasteiger partial charge in [-0.3, -0.25) is 0 Å². The van der Waals surface area contributed by atoms with Crippen molar-refractivity contribution in [2.45, 2.75) is 6.92 Å². The highest BCUT2D eigenvalue weighted by atomic mass is 16.5. The highest BCUT2D eigenvalue weighted by Gasteiger charge is 2.17. The van der Waals surface area contributed by atoms with E-state index in [1.807, 2.05) is 38.4 Å². The van der Waals surface area contributed by atoms with Crippen LogP contribution in [0.5, 0.6) is 0 Å². The van der Waals surface area contributed by atoms with E-state index in [0.29, 0.717) is 18.0 Å². The molecule has 0 amide bonds. The molecule has 5 heteroatoms. The lowest BCUT2D eigenvalue weighted by Gasteiger charge is -2.09. The molecule has 19 heavy (non-hydrogen) atoms. The third kappa shape index (κ3) is 2.93. The van der Waals surface area contributed by atoms with Crippen LogP contribution in [0.25, 0.3) is 16.6 Å². The quantitative estimate of drug-likeness (QED) is 0.674. The molecule has 0 saturated heterocycles. The second-order valence-electron chi connectivity index (χ2n) is 4.33. The highest BCUT2D eigenvalue weighted by molar-refractivity contribution is 6.15. The number of nitrogens with zero attached hydrogens (tertiary/aromatic N) is 2. The number of para-hydroxylation sites is 2. The topological polar surface area (TPSA) is 58.2 Å². The molecule has 5 nitrogen and oxygen atoms in total. The van der Waals surface area contributed by atoms with Gasteiger partial charge in [0.25, 0.3) is 0 Å². The molecule has 1 N–H and O–H groups in total. The molecule has 1 aromatic heterocycles. The molecule has 0 fully saturated rings. The minimum Gasteiger partial charge on any atom is -0.462 e. The van der Waals surface area contributed by atoms with Crippen LogP contribution in [0.15, 0.2) is 30.5 Å². The van der Waals surface area contributed by atoms with E-state index < -0.39 is 0 Å². The summed E-state index contributed by atoms with van der Waals surface area (Å²) < 4.78 is 5.06. The number of aromatic nitrogens is 2. The molecule has 0 saturated carbocycles. The number of carbonyl (C=O) groups is 1. The summed E-state index contributed by atoms with van der Waals surface area (Å²) in [5.74, 6) is 0.142. The lowest BCUT2D eigenvalue weighted by molar-refractivity contribution is -0.136. The fourth-order valence-corrected chi connectivity index (χ4v) is 1.76. The van der Waals surface area contributed by atoms with Gasteiger partial charge in [-0.05, 0) is 19.1 Å². The predicted molar refractivity (Wildman–Crippen MR) is 74.4 cm³/mol. The summed E-state index contributed by atoms with van der Waals surface area (Å²) in [6, 6.07) is 7.65. The Kier molecular flexibility index (Phi) is 3.85. The summed E-state index contributed by atoms with van der Waals surface area (Å²) in [7, 11) is 3.70. The number of nitrogens with one attached hydrogen (secondary N) is 1. The van der Waals surface area contributed by atoms with Crippen LogP contribution in [0, 0.1) is 0 Å². The van der Waals surface area contributed by atoms with E-state index in [4.69, 9.17) is 4.74 Å². The van der Waals surface area contributed by atoms with Gasteiger partial charge in [-0.25, -0.2) is 9.78 Å². The number of esters is 1. The molecule has 0 radical (unpaired) electrons. The van der Waals surface area contributed by atoms with Gasteiger partial charge in [0, 0.05) is 20.3 Å². The van der Waals surface area contributed by atoms with Gasteiger partial charge < -0.3 is 14.6 Å². The van der Waals surface area contributed by atoms with Crippen LogP contribution in [-0.2, 0) is 9.53 Å². The summed E-state index contributed by atoms with van der Waals surface area (Å²) >= 11 is 0. The van der Waals surface area contributed by atoms with Crippen LogP contribution >= 0.6 is 0 Å². The zero-order valence-corrected chi connectivity index (χ0v) is 11.3.